The van der Waals surface area contributed by atoms with Gasteiger partial charge in [-0.15, -0.1) is 0 Å². The van der Waals surface area contributed by atoms with Crippen LogP contribution in [0.3, 0.4) is 0 Å². The minimum atomic E-state index is 0.605. The molecule has 0 amide bonds. The molecule has 1 heterocycles. The highest BCUT2D eigenvalue weighted by Crippen LogP contribution is 2.28. The molecule has 1 aliphatic rings. The average molecular weight is 243 g/mol. The molecule has 0 bridgehead atoms. The molecule has 0 N–H and O–H groups in total. The first-order valence-corrected chi connectivity index (χ1v) is 6.83. The van der Waals surface area contributed by atoms with Crippen molar-refractivity contribution >= 4 is 5.82 Å². The average Bonchev–Trinajstić information content (AvgIpc) is 2.89. The topological polar surface area (TPSA) is 39.9 Å². The van der Waals surface area contributed by atoms with Crippen LogP contribution >= 0.6 is 0 Å². The lowest BCUT2D eigenvalue weighted by Gasteiger charge is -2.31. The summed E-state index contributed by atoms with van der Waals surface area (Å²) in [5.41, 5.74) is 0.701. The summed E-state index contributed by atoms with van der Waals surface area (Å²) in [5, 5.41) is 8.99. The predicted octanol–water partition coefficient (Wildman–Crippen LogP) is 3.36. The summed E-state index contributed by atoms with van der Waals surface area (Å²) in [7, 11) is 0. The molecule has 0 radical (unpaired) electrons. The van der Waals surface area contributed by atoms with E-state index in [2.05, 4.69) is 29.8 Å². The van der Waals surface area contributed by atoms with E-state index in [1.54, 1.807) is 12.3 Å². The van der Waals surface area contributed by atoms with Gasteiger partial charge in [0.05, 0.1) is 11.6 Å². The molecule has 1 saturated carbocycles. The zero-order chi connectivity index (χ0) is 13.0. The van der Waals surface area contributed by atoms with E-state index in [0.29, 0.717) is 17.5 Å². The first-order valence-electron chi connectivity index (χ1n) is 6.83. The van der Waals surface area contributed by atoms with Gasteiger partial charge >= 0.3 is 0 Å². The highest BCUT2D eigenvalue weighted by molar-refractivity contribution is 5.46. The molecule has 0 atom stereocenters. The second kappa shape index (κ2) is 5.86. The molecular weight excluding hydrogens is 222 g/mol. The molecular formula is C15H21N3. The monoisotopic (exact) mass is 243 g/mol. The van der Waals surface area contributed by atoms with Gasteiger partial charge in [-0.05, 0) is 30.9 Å². The Morgan fingerprint density at radius 2 is 2.17 bits per heavy atom. The second-order valence-electron chi connectivity index (χ2n) is 5.50. The third kappa shape index (κ3) is 3.01. The lowest BCUT2D eigenvalue weighted by molar-refractivity contribution is 0.531. The van der Waals surface area contributed by atoms with Crippen molar-refractivity contribution in [2.24, 2.45) is 5.92 Å². The molecule has 0 spiro atoms. The van der Waals surface area contributed by atoms with Crippen LogP contribution in [0.4, 0.5) is 5.82 Å². The molecule has 0 aliphatic heterocycles. The van der Waals surface area contributed by atoms with Crippen LogP contribution in [0.25, 0.3) is 0 Å². The zero-order valence-corrected chi connectivity index (χ0v) is 11.3. The Bertz CT molecular complexity index is 428. The van der Waals surface area contributed by atoms with Gasteiger partial charge in [-0.25, -0.2) is 4.98 Å². The van der Waals surface area contributed by atoms with Crippen molar-refractivity contribution in [1.29, 1.82) is 5.26 Å². The molecule has 96 valence electrons. The maximum Gasteiger partial charge on any atom is 0.130 e. The molecule has 18 heavy (non-hydrogen) atoms. The Morgan fingerprint density at radius 1 is 1.44 bits per heavy atom. The Labute approximate surface area is 109 Å². The van der Waals surface area contributed by atoms with Crippen molar-refractivity contribution in [3.8, 4) is 6.07 Å². The van der Waals surface area contributed by atoms with Gasteiger partial charge < -0.3 is 4.90 Å². The predicted molar refractivity (Wildman–Crippen MR) is 73.4 cm³/mol. The summed E-state index contributed by atoms with van der Waals surface area (Å²) in [4.78, 5) is 6.86. The van der Waals surface area contributed by atoms with E-state index in [-0.39, 0.29) is 0 Å². The Morgan fingerprint density at radius 3 is 2.78 bits per heavy atom. The summed E-state index contributed by atoms with van der Waals surface area (Å²) in [5.74, 6) is 1.58. The highest BCUT2D eigenvalue weighted by atomic mass is 15.2. The number of anilines is 1. The van der Waals surface area contributed by atoms with Gasteiger partial charge in [0.2, 0.25) is 0 Å². The van der Waals surface area contributed by atoms with Crippen LogP contribution in [0.5, 0.6) is 0 Å². The van der Waals surface area contributed by atoms with Gasteiger partial charge in [-0.1, -0.05) is 26.7 Å². The molecule has 2 rings (SSSR count). The van der Waals surface area contributed by atoms with Crippen LogP contribution < -0.4 is 4.90 Å². The van der Waals surface area contributed by atoms with Gasteiger partial charge in [-0.3, -0.25) is 0 Å². The third-order valence-corrected chi connectivity index (χ3v) is 3.50. The van der Waals surface area contributed by atoms with E-state index < -0.39 is 0 Å². The number of hydrogen-bond donors (Lipinski definition) is 0. The van der Waals surface area contributed by atoms with Crippen LogP contribution in [-0.2, 0) is 0 Å². The van der Waals surface area contributed by atoms with Crippen LogP contribution in [0.15, 0.2) is 18.3 Å². The highest BCUT2D eigenvalue weighted by Gasteiger charge is 2.24. The number of hydrogen-bond acceptors (Lipinski definition) is 3. The van der Waals surface area contributed by atoms with E-state index in [1.807, 2.05) is 6.07 Å². The number of nitriles is 1. The summed E-state index contributed by atoms with van der Waals surface area (Å²) in [6, 6.07) is 6.49. The smallest absolute Gasteiger partial charge is 0.130 e. The molecule has 1 fully saturated rings. The van der Waals surface area contributed by atoms with Gasteiger partial charge in [0.15, 0.2) is 0 Å². The van der Waals surface area contributed by atoms with Crippen molar-refractivity contribution in [2.75, 3.05) is 11.4 Å². The minimum Gasteiger partial charge on any atom is -0.353 e. The minimum absolute atomic E-state index is 0.605. The summed E-state index contributed by atoms with van der Waals surface area (Å²) in [6.07, 6.45) is 6.89. The normalized spacial score (nSPS) is 15.9. The van der Waals surface area contributed by atoms with Crippen LogP contribution in [0, 0.1) is 17.2 Å². The molecule has 0 unspecified atom stereocenters. The van der Waals surface area contributed by atoms with Gasteiger partial charge in [0.1, 0.15) is 5.82 Å². The molecule has 0 saturated heterocycles. The quantitative estimate of drug-likeness (QED) is 0.814. The standard InChI is InChI=1S/C15H21N3/c1-12(2)11-18(14-5-3-4-6-14)15-9-13(10-16)7-8-17-15/h7-9,12,14H,3-6,11H2,1-2H3. The largest absolute Gasteiger partial charge is 0.353 e. The number of nitrogens with zero attached hydrogens (tertiary/aromatic N) is 3. The third-order valence-electron chi connectivity index (χ3n) is 3.50. The fourth-order valence-electron chi connectivity index (χ4n) is 2.68. The maximum atomic E-state index is 8.99. The Balaban J connectivity index is 2.23. The summed E-state index contributed by atoms with van der Waals surface area (Å²) < 4.78 is 0. The fraction of sp³-hybridized carbons (Fsp3) is 0.600. The fourth-order valence-corrected chi connectivity index (χ4v) is 2.68. The Kier molecular flexibility index (Phi) is 4.19. The maximum absolute atomic E-state index is 8.99. The van der Waals surface area contributed by atoms with E-state index >= 15 is 0 Å². The second-order valence-corrected chi connectivity index (χ2v) is 5.50. The lowest BCUT2D eigenvalue weighted by atomic mass is 10.1. The first-order chi connectivity index (χ1) is 8.70. The van der Waals surface area contributed by atoms with E-state index in [0.717, 1.165) is 12.4 Å². The van der Waals surface area contributed by atoms with Crippen molar-refractivity contribution in [3.63, 3.8) is 0 Å². The molecule has 1 aromatic rings. The molecule has 3 nitrogen and oxygen atoms in total. The first kappa shape index (κ1) is 12.9. The SMILES string of the molecule is CC(C)CN(c1cc(C#N)ccn1)C1CCCC1. The van der Waals surface area contributed by atoms with Crippen LogP contribution in [0.1, 0.15) is 45.1 Å². The number of pyridine rings is 1. The zero-order valence-electron chi connectivity index (χ0n) is 11.3. The molecule has 3 heteroatoms. The molecule has 1 aromatic heterocycles. The van der Waals surface area contributed by atoms with Gasteiger partial charge in [-0.2, -0.15) is 5.26 Å². The van der Waals surface area contributed by atoms with Crippen molar-refractivity contribution in [2.45, 2.75) is 45.6 Å². The van der Waals surface area contributed by atoms with Crippen molar-refractivity contribution in [1.82, 2.24) is 4.98 Å². The summed E-state index contributed by atoms with van der Waals surface area (Å²) in [6.45, 7) is 5.48. The van der Waals surface area contributed by atoms with Crippen molar-refractivity contribution < 1.29 is 0 Å². The van der Waals surface area contributed by atoms with E-state index in [9.17, 15) is 0 Å². The van der Waals surface area contributed by atoms with Gasteiger partial charge in [0, 0.05) is 18.8 Å². The molecule has 0 aromatic carbocycles. The number of rotatable bonds is 4. The molecule has 1 aliphatic carbocycles. The van der Waals surface area contributed by atoms with Crippen LogP contribution in [0.2, 0.25) is 0 Å². The van der Waals surface area contributed by atoms with Gasteiger partial charge in [0.25, 0.3) is 0 Å². The van der Waals surface area contributed by atoms with Crippen molar-refractivity contribution in [3.05, 3.63) is 23.9 Å². The summed E-state index contributed by atoms with van der Waals surface area (Å²) >= 11 is 0. The number of aromatic nitrogens is 1. The van der Waals surface area contributed by atoms with E-state index in [1.165, 1.54) is 25.7 Å². The Hall–Kier alpha value is -1.56. The lowest BCUT2D eigenvalue weighted by Crippen LogP contribution is -2.36. The van der Waals surface area contributed by atoms with E-state index in [4.69, 9.17) is 5.26 Å². The van der Waals surface area contributed by atoms with Crippen LogP contribution in [-0.4, -0.2) is 17.6 Å².